The van der Waals surface area contributed by atoms with Crippen LogP contribution in [0.15, 0.2) is 35.3 Å². The van der Waals surface area contributed by atoms with Gasteiger partial charge in [-0.1, -0.05) is 58.4 Å². The predicted octanol–water partition coefficient (Wildman–Crippen LogP) is 5.79. The fraction of sp³-hybridized carbons (Fsp3) is 0.500. The van der Waals surface area contributed by atoms with Gasteiger partial charge in [0, 0.05) is 31.8 Å². The quantitative estimate of drug-likeness (QED) is 0.204. The average molecular weight is 440 g/mol. The molecule has 0 unspecified atom stereocenters. The molecule has 1 heterocycles. The van der Waals surface area contributed by atoms with Crippen molar-refractivity contribution < 1.29 is 14.3 Å². The van der Waals surface area contributed by atoms with Crippen LogP contribution >= 0.6 is 0 Å². The van der Waals surface area contributed by atoms with E-state index in [1.165, 1.54) is 5.56 Å². The summed E-state index contributed by atoms with van der Waals surface area (Å²) in [5.74, 6) is 0.330. The van der Waals surface area contributed by atoms with Gasteiger partial charge in [-0.2, -0.15) is 5.10 Å². The Kier molecular flexibility index (Phi) is 9.24. The minimum absolute atomic E-state index is 0.0607. The maximum Gasteiger partial charge on any atom is 0.308 e. The van der Waals surface area contributed by atoms with Crippen molar-refractivity contribution in [1.29, 1.82) is 0 Å². The Bertz CT molecular complexity index is 948. The number of unbranched alkanes of at least 4 members (excludes halogenated alkanes) is 1. The molecule has 1 aromatic carbocycles. The lowest BCUT2D eigenvalue weighted by molar-refractivity contribution is -0.151. The topological polar surface area (TPSA) is 65.7 Å². The van der Waals surface area contributed by atoms with Crippen LogP contribution in [0.3, 0.4) is 0 Å². The van der Waals surface area contributed by atoms with Crippen LogP contribution in [0.4, 0.5) is 0 Å². The fourth-order valence-electron chi connectivity index (χ4n) is 3.35. The predicted molar refractivity (Wildman–Crippen MR) is 131 cm³/mol. The minimum Gasteiger partial charge on any atom is -0.454 e. The lowest BCUT2D eigenvalue weighted by atomic mass is 9.86. The van der Waals surface area contributed by atoms with Crippen LogP contribution in [0.25, 0.3) is 11.3 Å². The second kappa shape index (κ2) is 11.7. The van der Waals surface area contributed by atoms with Crippen molar-refractivity contribution in [3.63, 3.8) is 0 Å². The highest BCUT2D eigenvalue weighted by Gasteiger charge is 2.19. The van der Waals surface area contributed by atoms with E-state index in [9.17, 15) is 4.79 Å². The molecule has 0 saturated carbocycles. The molecule has 0 aliphatic heterocycles. The molecule has 0 spiro atoms. The van der Waals surface area contributed by atoms with Crippen molar-refractivity contribution in [3.8, 4) is 0 Å². The summed E-state index contributed by atoms with van der Waals surface area (Å²) in [6.45, 7) is 13.1. The van der Waals surface area contributed by atoms with Gasteiger partial charge in [0.05, 0.1) is 5.69 Å². The van der Waals surface area contributed by atoms with Crippen LogP contribution < -0.4 is 0 Å². The molecule has 6 nitrogen and oxygen atoms in total. The number of hydrogen-bond donors (Lipinski definition) is 0. The number of rotatable bonds is 10. The summed E-state index contributed by atoms with van der Waals surface area (Å²) < 4.78 is 13.3. The summed E-state index contributed by atoms with van der Waals surface area (Å²) in [6, 6.07) is 10.4. The Morgan fingerprint density at radius 2 is 1.84 bits per heavy atom. The first-order valence-corrected chi connectivity index (χ1v) is 11.3. The summed E-state index contributed by atoms with van der Waals surface area (Å²) in [4.78, 5) is 16.3. The van der Waals surface area contributed by atoms with E-state index in [0.29, 0.717) is 18.7 Å². The Morgan fingerprint density at radius 1 is 1.16 bits per heavy atom. The van der Waals surface area contributed by atoms with Gasteiger partial charge in [-0.15, -0.1) is 0 Å². The summed E-state index contributed by atoms with van der Waals surface area (Å²) >= 11 is 0. The Hall–Kier alpha value is -2.89. The number of allylic oxidation sites excluding steroid dienone is 1. The molecule has 0 aliphatic rings. The largest absolute Gasteiger partial charge is 0.454 e. The van der Waals surface area contributed by atoms with Crippen molar-refractivity contribution in [2.24, 2.45) is 4.99 Å². The van der Waals surface area contributed by atoms with Gasteiger partial charge in [-0.3, -0.25) is 14.5 Å². The molecule has 2 rings (SSSR count). The zero-order valence-corrected chi connectivity index (χ0v) is 20.6. The number of carbonyl (C=O) groups excluding carboxylic acids is 1. The zero-order valence-electron chi connectivity index (χ0n) is 20.6. The Balaban J connectivity index is 2.50. The average Bonchev–Trinajstić information content (AvgIpc) is 3.14. The van der Waals surface area contributed by atoms with Crippen molar-refractivity contribution in [3.05, 3.63) is 52.8 Å². The van der Waals surface area contributed by atoms with Crippen molar-refractivity contribution in [2.45, 2.75) is 72.8 Å². The van der Waals surface area contributed by atoms with Gasteiger partial charge in [0.2, 0.25) is 6.79 Å². The third-order valence-electron chi connectivity index (χ3n) is 5.16. The van der Waals surface area contributed by atoms with Crippen LogP contribution in [-0.2, 0) is 26.2 Å². The molecule has 0 saturated heterocycles. The molecule has 6 heteroatoms. The molecule has 174 valence electrons. The van der Waals surface area contributed by atoms with Crippen LogP contribution in [0, 0.1) is 6.92 Å². The highest BCUT2D eigenvalue weighted by Crippen LogP contribution is 2.29. The van der Waals surface area contributed by atoms with Gasteiger partial charge >= 0.3 is 5.97 Å². The number of carbonyl (C=O) groups is 1. The standard InChI is InChI=1S/C26H37N3O3/c1-8-10-11-24(30)31-18-32-25(23-16-19(3)28-29(23)9-2)22(17-27-7)20-12-14-21(15-13-20)26(4,5)6/h12-17H,8-11,18H2,1-7H3/b25-22-,27-17?. The third kappa shape index (κ3) is 6.81. The molecule has 2 aromatic rings. The number of esters is 1. The second-order valence-electron chi connectivity index (χ2n) is 8.83. The Labute approximate surface area is 192 Å². The van der Waals surface area contributed by atoms with E-state index >= 15 is 0 Å². The Morgan fingerprint density at radius 3 is 2.41 bits per heavy atom. The fourth-order valence-corrected chi connectivity index (χ4v) is 3.35. The van der Waals surface area contributed by atoms with Gasteiger partial charge in [0.15, 0.2) is 5.76 Å². The summed E-state index contributed by atoms with van der Waals surface area (Å²) in [5.41, 5.74) is 4.80. The van der Waals surface area contributed by atoms with Crippen molar-refractivity contribution in [2.75, 3.05) is 13.8 Å². The lowest BCUT2D eigenvalue weighted by Crippen LogP contribution is -2.12. The van der Waals surface area contributed by atoms with Crippen molar-refractivity contribution >= 4 is 23.5 Å². The number of aliphatic imine (C=N–C) groups is 1. The minimum atomic E-state index is -0.258. The molecule has 0 bridgehead atoms. The van der Waals surface area contributed by atoms with E-state index in [-0.39, 0.29) is 18.2 Å². The molecule has 0 radical (unpaired) electrons. The van der Waals surface area contributed by atoms with Gasteiger partial charge in [-0.05, 0) is 42.9 Å². The maximum absolute atomic E-state index is 12.0. The number of aryl methyl sites for hydroxylation is 2. The van der Waals surface area contributed by atoms with E-state index in [4.69, 9.17) is 9.47 Å². The van der Waals surface area contributed by atoms with Gasteiger partial charge < -0.3 is 9.47 Å². The van der Waals surface area contributed by atoms with E-state index in [1.807, 2.05) is 31.5 Å². The SMILES string of the molecule is CCCCC(=O)OCO/C(=C(/C=NC)c1ccc(C(C)(C)C)cc1)c1cc(C)nn1CC. The summed E-state index contributed by atoms with van der Waals surface area (Å²) in [7, 11) is 1.73. The van der Waals surface area contributed by atoms with E-state index < -0.39 is 0 Å². The second-order valence-corrected chi connectivity index (χ2v) is 8.83. The normalized spacial score (nSPS) is 12.7. The van der Waals surface area contributed by atoms with E-state index in [1.54, 1.807) is 13.3 Å². The van der Waals surface area contributed by atoms with Crippen LogP contribution in [0.1, 0.15) is 76.4 Å². The van der Waals surface area contributed by atoms with Gasteiger partial charge in [0.25, 0.3) is 0 Å². The van der Waals surface area contributed by atoms with Crippen LogP contribution in [0.5, 0.6) is 0 Å². The molecular formula is C26H37N3O3. The number of aromatic nitrogens is 2. The van der Waals surface area contributed by atoms with Gasteiger partial charge in [0.1, 0.15) is 5.69 Å². The summed E-state index contributed by atoms with van der Waals surface area (Å²) in [5, 5.41) is 4.57. The molecule has 0 N–H and O–H groups in total. The smallest absolute Gasteiger partial charge is 0.308 e. The van der Waals surface area contributed by atoms with Gasteiger partial charge in [-0.25, -0.2) is 0 Å². The van der Waals surface area contributed by atoms with E-state index in [2.05, 4.69) is 55.1 Å². The number of hydrogen-bond acceptors (Lipinski definition) is 5. The first kappa shape index (κ1) is 25.4. The lowest BCUT2D eigenvalue weighted by Gasteiger charge is -2.20. The molecule has 0 fully saturated rings. The maximum atomic E-state index is 12.0. The first-order chi connectivity index (χ1) is 15.2. The molecule has 0 atom stereocenters. The van der Waals surface area contributed by atoms with E-state index in [0.717, 1.165) is 35.4 Å². The zero-order chi connectivity index (χ0) is 23.7. The highest BCUT2D eigenvalue weighted by atomic mass is 16.7. The number of nitrogens with zero attached hydrogens (tertiary/aromatic N) is 3. The molecular weight excluding hydrogens is 402 g/mol. The van der Waals surface area contributed by atoms with Crippen LogP contribution in [0.2, 0.25) is 0 Å². The first-order valence-electron chi connectivity index (χ1n) is 11.3. The highest BCUT2D eigenvalue weighted by molar-refractivity contribution is 6.18. The molecule has 0 aliphatic carbocycles. The monoisotopic (exact) mass is 439 g/mol. The molecule has 32 heavy (non-hydrogen) atoms. The van der Waals surface area contributed by atoms with Crippen LogP contribution in [-0.4, -0.2) is 35.8 Å². The summed E-state index contributed by atoms with van der Waals surface area (Å²) in [6.07, 6.45) is 3.92. The molecule has 0 amide bonds. The number of ether oxygens (including phenoxy) is 2. The van der Waals surface area contributed by atoms with Crippen molar-refractivity contribution in [1.82, 2.24) is 9.78 Å². The number of benzene rings is 1. The molecule has 1 aromatic heterocycles. The third-order valence-corrected chi connectivity index (χ3v) is 5.16.